The topological polar surface area (TPSA) is 28.1 Å². The second kappa shape index (κ2) is 7.51. The Kier molecular flexibility index (Phi) is 5.18. The van der Waals surface area contributed by atoms with E-state index in [0.717, 1.165) is 42.0 Å². The molecule has 0 aromatic heterocycles. The Hall–Kier alpha value is -2.01. The van der Waals surface area contributed by atoms with Gasteiger partial charge in [0.2, 0.25) is 0 Å². The third-order valence-corrected chi connectivity index (χ3v) is 4.54. The summed E-state index contributed by atoms with van der Waals surface area (Å²) >= 11 is 3.50. The molecule has 1 aliphatic rings. The molecule has 2 aromatic rings. The van der Waals surface area contributed by atoms with E-state index in [0.29, 0.717) is 0 Å². The first-order valence-electron chi connectivity index (χ1n) is 7.69. The van der Waals surface area contributed by atoms with E-state index >= 15 is 0 Å². The van der Waals surface area contributed by atoms with Crippen molar-refractivity contribution in [2.24, 2.45) is 5.10 Å². The molecule has 0 unspecified atom stereocenters. The number of halogens is 1. The molecule has 0 atom stereocenters. The number of para-hydroxylation sites is 1. The molecule has 120 valence electrons. The van der Waals surface area contributed by atoms with Crippen LogP contribution in [0.1, 0.15) is 5.56 Å². The Morgan fingerprint density at radius 3 is 2.43 bits per heavy atom. The van der Waals surface area contributed by atoms with Crippen molar-refractivity contribution < 1.29 is 4.74 Å². The van der Waals surface area contributed by atoms with Gasteiger partial charge >= 0.3 is 0 Å². The van der Waals surface area contributed by atoms with E-state index < -0.39 is 0 Å². The predicted octanol–water partition coefficient (Wildman–Crippen LogP) is 3.61. The maximum Gasteiger partial charge on any atom is 0.133 e. The Morgan fingerprint density at radius 2 is 1.78 bits per heavy atom. The summed E-state index contributed by atoms with van der Waals surface area (Å²) in [6.45, 7) is 3.85. The summed E-state index contributed by atoms with van der Waals surface area (Å²) in [5.74, 6) is 0.832. The first-order chi connectivity index (χ1) is 11.3. The van der Waals surface area contributed by atoms with Gasteiger partial charge in [-0.15, -0.1) is 0 Å². The molecule has 4 nitrogen and oxygen atoms in total. The van der Waals surface area contributed by atoms with Crippen molar-refractivity contribution in [3.63, 3.8) is 0 Å². The van der Waals surface area contributed by atoms with Crippen molar-refractivity contribution >= 4 is 27.8 Å². The van der Waals surface area contributed by atoms with E-state index in [9.17, 15) is 0 Å². The van der Waals surface area contributed by atoms with E-state index in [1.54, 1.807) is 7.11 Å². The van der Waals surface area contributed by atoms with Gasteiger partial charge in [-0.3, -0.25) is 5.01 Å². The van der Waals surface area contributed by atoms with Crippen molar-refractivity contribution in [1.82, 2.24) is 5.01 Å². The van der Waals surface area contributed by atoms with Crippen LogP contribution < -0.4 is 9.64 Å². The number of nitrogens with zero attached hydrogens (tertiary/aromatic N) is 3. The fourth-order valence-electron chi connectivity index (χ4n) is 2.62. The minimum atomic E-state index is 0.832. The van der Waals surface area contributed by atoms with Crippen molar-refractivity contribution in [3.05, 3.63) is 58.6 Å². The summed E-state index contributed by atoms with van der Waals surface area (Å²) in [5, 5.41) is 6.72. The van der Waals surface area contributed by atoms with Gasteiger partial charge in [-0.05, 0) is 51.8 Å². The summed E-state index contributed by atoms with van der Waals surface area (Å²) < 4.78 is 6.18. The highest BCUT2D eigenvalue weighted by Crippen LogP contribution is 2.25. The van der Waals surface area contributed by atoms with Crippen LogP contribution in [-0.4, -0.2) is 44.5 Å². The SMILES string of the molecule is COc1ccc(/C=N\N2CCN(c3ccccc3)CC2)cc1Br. The summed E-state index contributed by atoms with van der Waals surface area (Å²) in [6, 6.07) is 16.5. The number of hydrogen-bond donors (Lipinski definition) is 0. The fraction of sp³-hybridized carbons (Fsp3) is 0.278. The molecule has 1 aliphatic heterocycles. The molecule has 0 saturated carbocycles. The third kappa shape index (κ3) is 4.05. The largest absolute Gasteiger partial charge is 0.496 e. The monoisotopic (exact) mass is 373 g/mol. The van der Waals surface area contributed by atoms with Crippen LogP contribution in [0.3, 0.4) is 0 Å². The molecule has 5 heteroatoms. The van der Waals surface area contributed by atoms with Crippen molar-refractivity contribution in [3.8, 4) is 5.75 Å². The summed E-state index contributed by atoms with van der Waals surface area (Å²) in [4.78, 5) is 2.40. The van der Waals surface area contributed by atoms with Gasteiger partial charge in [-0.1, -0.05) is 18.2 Å². The molecule has 2 aromatic carbocycles. The average molecular weight is 374 g/mol. The van der Waals surface area contributed by atoms with Crippen LogP contribution in [0.15, 0.2) is 58.1 Å². The highest BCUT2D eigenvalue weighted by atomic mass is 79.9. The van der Waals surface area contributed by atoms with Crippen LogP contribution in [0, 0.1) is 0 Å². The van der Waals surface area contributed by atoms with Gasteiger partial charge in [0.1, 0.15) is 5.75 Å². The fourth-order valence-corrected chi connectivity index (χ4v) is 3.18. The van der Waals surface area contributed by atoms with E-state index in [2.05, 4.69) is 61.3 Å². The van der Waals surface area contributed by atoms with Crippen LogP contribution >= 0.6 is 15.9 Å². The number of methoxy groups -OCH3 is 1. The molecule has 0 radical (unpaired) electrons. The summed E-state index contributed by atoms with van der Waals surface area (Å²) in [5.41, 5.74) is 2.35. The lowest BCUT2D eigenvalue weighted by molar-refractivity contribution is 0.272. The first kappa shape index (κ1) is 15.9. The van der Waals surface area contributed by atoms with Crippen molar-refractivity contribution in [2.45, 2.75) is 0 Å². The number of ether oxygens (including phenoxy) is 1. The number of benzene rings is 2. The lowest BCUT2D eigenvalue weighted by atomic mass is 10.2. The van der Waals surface area contributed by atoms with E-state index in [4.69, 9.17) is 4.74 Å². The normalized spacial score (nSPS) is 15.2. The van der Waals surface area contributed by atoms with Gasteiger partial charge in [-0.25, -0.2) is 0 Å². The molecule has 23 heavy (non-hydrogen) atoms. The van der Waals surface area contributed by atoms with Crippen molar-refractivity contribution in [1.29, 1.82) is 0 Å². The molecule has 1 fully saturated rings. The van der Waals surface area contributed by atoms with Gasteiger partial charge in [-0.2, -0.15) is 5.10 Å². The maximum absolute atomic E-state index is 5.24. The van der Waals surface area contributed by atoms with Crippen LogP contribution in [0.4, 0.5) is 5.69 Å². The quantitative estimate of drug-likeness (QED) is 0.766. The first-order valence-corrected chi connectivity index (χ1v) is 8.48. The van der Waals surface area contributed by atoms with Crippen LogP contribution in [0.2, 0.25) is 0 Å². The van der Waals surface area contributed by atoms with Crippen LogP contribution in [-0.2, 0) is 0 Å². The lowest BCUT2D eigenvalue weighted by Gasteiger charge is -2.34. The molecular formula is C18H20BrN3O. The number of piperazine rings is 1. The van der Waals surface area contributed by atoms with Gasteiger partial charge < -0.3 is 9.64 Å². The molecule has 0 amide bonds. The number of hydrogen-bond acceptors (Lipinski definition) is 4. The lowest BCUT2D eigenvalue weighted by Crippen LogP contribution is -2.44. The molecule has 0 aliphatic carbocycles. The van der Waals surface area contributed by atoms with Crippen LogP contribution in [0.25, 0.3) is 0 Å². The van der Waals surface area contributed by atoms with Crippen molar-refractivity contribution in [2.75, 3.05) is 38.2 Å². The van der Waals surface area contributed by atoms with E-state index in [1.165, 1.54) is 5.69 Å². The molecule has 0 N–H and O–H groups in total. The maximum atomic E-state index is 5.24. The van der Waals surface area contributed by atoms with E-state index in [1.807, 2.05) is 24.4 Å². The minimum absolute atomic E-state index is 0.832. The highest BCUT2D eigenvalue weighted by Gasteiger charge is 2.15. The summed E-state index contributed by atoms with van der Waals surface area (Å²) in [6.07, 6.45) is 1.91. The number of hydrazone groups is 1. The van der Waals surface area contributed by atoms with Gasteiger partial charge in [0.15, 0.2) is 0 Å². The van der Waals surface area contributed by atoms with Gasteiger partial charge in [0.05, 0.1) is 30.9 Å². The Bertz CT molecular complexity index is 667. The zero-order valence-corrected chi connectivity index (χ0v) is 14.7. The van der Waals surface area contributed by atoms with Gasteiger partial charge in [0.25, 0.3) is 0 Å². The summed E-state index contributed by atoms with van der Waals surface area (Å²) in [7, 11) is 1.67. The second-order valence-corrected chi connectivity index (χ2v) is 6.27. The zero-order chi connectivity index (χ0) is 16.1. The number of anilines is 1. The smallest absolute Gasteiger partial charge is 0.133 e. The molecule has 1 saturated heterocycles. The molecule has 0 bridgehead atoms. The molecular weight excluding hydrogens is 354 g/mol. The van der Waals surface area contributed by atoms with Gasteiger partial charge in [0, 0.05) is 18.8 Å². The standard InChI is InChI=1S/C18H20BrN3O/c1-23-18-8-7-15(13-17(18)19)14-20-22-11-9-21(10-12-22)16-5-3-2-4-6-16/h2-8,13-14H,9-12H2,1H3/b20-14-. The second-order valence-electron chi connectivity index (χ2n) is 5.41. The number of rotatable bonds is 4. The zero-order valence-electron chi connectivity index (χ0n) is 13.2. The molecule has 1 heterocycles. The van der Waals surface area contributed by atoms with Crippen LogP contribution in [0.5, 0.6) is 5.75 Å². The van der Waals surface area contributed by atoms with E-state index in [-0.39, 0.29) is 0 Å². The Morgan fingerprint density at radius 1 is 1.04 bits per heavy atom. The molecule has 0 spiro atoms. The highest BCUT2D eigenvalue weighted by molar-refractivity contribution is 9.10. The third-order valence-electron chi connectivity index (χ3n) is 3.92. The predicted molar refractivity (Wildman–Crippen MR) is 98.5 cm³/mol. The average Bonchev–Trinajstić information content (AvgIpc) is 2.61. The Balaban J connectivity index is 1.57. The minimum Gasteiger partial charge on any atom is -0.496 e. The molecule has 3 rings (SSSR count). The Labute approximate surface area is 145 Å².